The maximum absolute atomic E-state index is 12.3. The van der Waals surface area contributed by atoms with Gasteiger partial charge in [-0.3, -0.25) is 0 Å². The van der Waals surface area contributed by atoms with Gasteiger partial charge < -0.3 is 5.32 Å². The Balaban J connectivity index is 2.83. The smallest absolute Gasteiger partial charge is 0.240 e. The van der Waals surface area contributed by atoms with Gasteiger partial charge in [-0.1, -0.05) is 19.9 Å². The summed E-state index contributed by atoms with van der Waals surface area (Å²) >= 11 is 1.73. The van der Waals surface area contributed by atoms with E-state index in [-0.39, 0.29) is 0 Å². The van der Waals surface area contributed by atoms with Crippen LogP contribution in [0.4, 0.5) is 0 Å². The van der Waals surface area contributed by atoms with E-state index in [0.717, 1.165) is 23.4 Å². The van der Waals surface area contributed by atoms with Crippen molar-refractivity contribution in [1.29, 1.82) is 0 Å². The van der Waals surface area contributed by atoms with Crippen LogP contribution in [0.5, 0.6) is 0 Å². The molecule has 0 bridgehead atoms. The molecule has 0 aromatic heterocycles. The van der Waals surface area contributed by atoms with Crippen molar-refractivity contribution in [2.45, 2.75) is 32.2 Å². The summed E-state index contributed by atoms with van der Waals surface area (Å²) in [7, 11) is -3.42. The summed E-state index contributed by atoms with van der Waals surface area (Å²) in [6.45, 7) is 8.10. The number of nitrogens with one attached hydrogen (secondary N) is 2. The van der Waals surface area contributed by atoms with E-state index in [1.807, 2.05) is 33.1 Å². The van der Waals surface area contributed by atoms with Gasteiger partial charge in [0.1, 0.15) is 0 Å². The Morgan fingerprint density at radius 1 is 1.33 bits per heavy atom. The van der Waals surface area contributed by atoms with Crippen molar-refractivity contribution >= 4 is 21.8 Å². The zero-order chi connectivity index (χ0) is 15.9. The summed E-state index contributed by atoms with van der Waals surface area (Å²) in [5.41, 5.74) is 2.13. The molecule has 21 heavy (non-hydrogen) atoms. The lowest BCUT2D eigenvalue weighted by atomic mass is 10.1. The molecular formula is C15H26N2O2S2. The highest BCUT2D eigenvalue weighted by Crippen LogP contribution is 2.16. The second kappa shape index (κ2) is 8.78. The molecule has 0 radical (unpaired) electrons. The third-order valence-corrected chi connectivity index (χ3v) is 5.59. The van der Waals surface area contributed by atoms with E-state index >= 15 is 0 Å². The Bertz CT molecular complexity index is 545. The molecule has 0 saturated heterocycles. The maximum atomic E-state index is 12.3. The third kappa shape index (κ3) is 5.98. The van der Waals surface area contributed by atoms with Crippen LogP contribution < -0.4 is 10.0 Å². The molecule has 0 aliphatic heterocycles. The minimum atomic E-state index is -3.42. The molecule has 0 saturated carbocycles. The number of hydrogen-bond acceptors (Lipinski definition) is 4. The average Bonchev–Trinajstić information content (AvgIpc) is 2.44. The molecule has 0 aliphatic carbocycles. The van der Waals surface area contributed by atoms with Crippen molar-refractivity contribution in [3.63, 3.8) is 0 Å². The molecule has 1 atom stereocenters. The van der Waals surface area contributed by atoms with Gasteiger partial charge in [-0.2, -0.15) is 11.8 Å². The highest BCUT2D eigenvalue weighted by molar-refractivity contribution is 7.98. The van der Waals surface area contributed by atoms with Crippen molar-refractivity contribution in [1.82, 2.24) is 10.0 Å². The molecular weight excluding hydrogens is 304 g/mol. The lowest BCUT2D eigenvalue weighted by Gasteiger charge is -2.13. The largest absolute Gasteiger partial charge is 0.313 e. The van der Waals surface area contributed by atoms with Crippen molar-refractivity contribution in [2.24, 2.45) is 5.92 Å². The Morgan fingerprint density at radius 2 is 2.05 bits per heavy atom. The molecule has 120 valence electrons. The first-order valence-electron chi connectivity index (χ1n) is 7.19. The van der Waals surface area contributed by atoms with E-state index in [4.69, 9.17) is 0 Å². The van der Waals surface area contributed by atoms with Crippen molar-refractivity contribution in [3.8, 4) is 0 Å². The minimum Gasteiger partial charge on any atom is -0.313 e. The standard InChI is InChI=1S/C15H26N2O2S2/c1-5-16-10-14-8-15(7-6-13(14)3)21(18,19)17-9-12(2)11-20-4/h6-8,12,16-17H,5,9-11H2,1-4H3. The van der Waals surface area contributed by atoms with Crippen molar-refractivity contribution < 1.29 is 8.42 Å². The summed E-state index contributed by atoms with van der Waals surface area (Å²) in [6, 6.07) is 5.30. The number of thioether (sulfide) groups is 1. The quantitative estimate of drug-likeness (QED) is 0.730. The van der Waals surface area contributed by atoms with Gasteiger partial charge in [0.25, 0.3) is 0 Å². The topological polar surface area (TPSA) is 58.2 Å². The monoisotopic (exact) mass is 330 g/mol. The second-order valence-corrected chi connectivity index (χ2v) is 7.96. The first-order valence-corrected chi connectivity index (χ1v) is 10.1. The molecule has 1 unspecified atom stereocenters. The Morgan fingerprint density at radius 3 is 2.67 bits per heavy atom. The Hall–Kier alpha value is -0.560. The predicted molar refractivity (Wildman–Crippen MR) is 91.3 cm³/mol. The van der Waals surface area contributed by atoms with E-state index in [1.165, 1.54) is 0 Å². The molecule has 1 aromatic carbocycles. The van der Waals surface area contributed by atoms with Crippen LogP contribution >= 0.6 is 11.8 Å². The fraction of sp³-hybridized carbons (Fsp3) is 0.600. The zero-order valence-corrected chi connectivity index (χ0v) is 14.9. The maximum Gasteiger partial charge on any atom is 0.240 e. The summed E-state index contributed by atoms with van der Waals surface area (Å²) in [6.07, 6.45) is 2.03. The molecule has 1 aromatic rings. The molecule has 4 nitrogen and oxygen atoms in total. The first kappa shape index (κ1) is 18.5. The molecule has 0 amide bonds. The fourth-order valence-corrected chi connectivity index (χ4v) is 3.85. The van der Waals surface area contributed by atoms with Gasteiger partial charge in [0.2, 0.25) is 10.0 Å². The fourth-order valence-electron chi connectivity index (χ4n) is 1.94. The van der Waals surface area contributed by atoms with Crippen LogP contribution in [0.2, 0.25) is 0 Å². The highest BCUT2D eigenvalue weighted by atomic mass is 32.2. The SMILES string of the molecule is CCNCc1cc(S(=O)(=O)NCC(C)CSC)ccc1C. The van der Waals surface area contributed by atoms with Crippen LogP contribution in [-0.4, -0.2) is 33.5 Å². The molecule has 0 heterocycles. The van der Waals surface area contributed by atoms with Gasteiger partial charge in [-0.25, -0.2) is 13.1 Å². The zero-order valence-electron chi connectivity index (χ0n) is 13.3. The number of rotatable bonds is 9. The van der Waals surface area contributed by atoms with Crippen molar-refractivity contribution in [2.75, 3.05) is 25.1 Å². The van der Waals surface area contributed by atoms with Crippen LogP contribution in [0.15, 0.2) is 23.1 Å². The summed E-state index contributed by atoms with van der Waals surface area (Å²) in [4.78, 5) is 0.345. The van der Waals surface area contributed by atoms with Gasteiger partial charge in [0, 0.05) is 13.1 Å². The van der Waals surface area contributed by atoms with Gasteiger partial charge in [-0.05, 0) is 54.7 Å². The summed E-state index contributed by atoms with van der Waals surface area (Å²) in [5.74, 6) is 1.27. The lowest BCUT2D eigenvalue weighted by molar-refractivity contribution is 0.562. The first-order chi connectivity index (χ1) is 9.90. The molecule has 2 N–H and O–H groups in total. The molecule has 0 spiro atoms. The van der Waals surface area contributed by atoms with Gasteiger partial charge in [-0.15, -0.1) is 0 Å². The van der Waals surface area contributed by atoms with Gasteiger partial charge in [0.05, 0.1) is 4.90 Å². The van der Waals surface area contributed by atoms with Crippen LogP contribution in [0.25, 0.3) is 0 Å². The van der Waals surface area contributed by atoms with Crippen LogP contribution in [0.3, 0.4) is 0 Å². The van der Waals surface area contributed by atoms with Crippen LogP contribution in [0.1, 0.15) is 25.0 Å². The predicted octanol–water partition coefficient (Wildman–Crippen LogP) is 2.38. The summed E-state index contributed by atoms with van der Waals surface area (Å²) in [5, 5.41) is 3.23. The van der Waals surface area contributed by atoms with Gasteiger partial charge >= 0.3 is 0 Å². The number of aryl methyl sites for hydroxylation is 1. The highest BCUT2D eigenvalue weighted by Gasteiger charge is 2.16. The molecule has 1 rings (SSSR count). The van der Waals surface area contributed by atoms with E-state index in [9.17, 15) is 8.42 Å². The second-order valence-electron chi connectivity index (χ2n) is 5.28. The van der Waals surface area contributed by atoms with Crippen LogP contribution in [-0.2, 0) is 16.6 Å². The lowest BCUT2D eigenvalue weighted by Crippen LogP contribution is -2.29. The van der Waals surface area contributed by atoms with E-state index < -0.39 is 10.0 Å². The summed E-state index contributed by atoms with van der Waals surface area (Å²) < 4.78 is 27.4. The van der Waals surface area contributed by atoms with Crippen molar-refractivity contribution in [3.05, 3.63) is 29.3 Å². The van der Waals surface area contributed by atoms with E-state index in [2.05, 4.69) is 10.0 Å². The molecule has 0 fully saturated rings. The van der Waals surface area contributed by atoms with Crippen LogP contribution in [0, 0.1) is 12.8 Å². The molecule has 0 aliphatic rings. The van der Waals surface area contributed by atoms with E-state index in [0.29, 0.717) is 23.9 Å². The minimum absolute atomic E-state index is 0.321. The number of benzene rings is 1. The van der Waals surface area contributed by atoms with Gasteiger partial charge in [0.15, 0.2) is 0 Å². The normalized spacial score (nSPS) is 13.3. The third-order valence-electron chi connectivity index (χ3n) is 3.27. The Labute approximate surface area is 133 Å². The Kier molecular flexibility index (Phi) is 7.73. The number of hydrogen-bond donors (Lipinski definition) is 2. The van der Waals surface area contributed by atoms with E-state index in [1.54, 1.807) is 23.9 Å². The average molecular weight is 331 g/mol. The molecule has 6 heteroatoms. The number of sulfonamides is 1.